The van der Waals surface area contributed by atoms with Crippen molar-refractivity contribution >= 4 is 11.6 Å². The molecule has 0 spiro atoms. The molecule has 0 aliphatic heterocycles. The third-order valence-corrected chi connectivity index (χ3v) is 1.86. The van der Waals surface area contributed by atoms with Crippen molar-refractivity contribution in [2.45, 2.75) is 19.4 Å². The first kappa shape index (κ1) is 8.57. The summed E-state index contributed by atoms with van der Waals surface area (Å²) in [6.45, 7) is 1.94. The Morgan fingerprint density at radius 3 is 2.82 bits per heavy atom. The summed E-state index contributed by atoms with van der Waals surface area (Å²) in [4.78, 5) is 0. The second-order valence-electron chi connectivity index (χ2n) is 2.48. The van der Waals surface area contributed by atoms with Gasteiger partial charge in [-0.1, -0.05) is 30.7 Å². The van der Waals surface area contributed by atoms with E-state index < -0.39 is 0 Å². The molecule has 0 saturated heterocycles. The van der Waals surface area contributed by atoms with Crippen molar-refractivity contribution in [2.24, 2.45) is 0 Å². The Morgan fingerprint density at radius 1 is 1.55 bits per heavy atom. The molecule has 0 aliphatic carbocycles. The van der Waals surface area contributed by atoms with Crippen molar-refractivity contribution in [3.63, 3.8) is 0 Å². The summed E-state index contributed by atoms with van der Waals surface area (Å²) < 4.78 is 0. The Bertz CT molecular complexity index is 235. The van der Waals surface area contributed by atoms with Gasteiger partial charge in [0, 0.05) is 5.02 Å². The van der Waals surface area contributed by atoms with Gasteiger partial charge < -0.3 is 5.11 Å². The zero-order valence-corrected chi connectivity index (χ0v) is 7.17. The molecular weight excluding hydrogens is 160 g/mol. The minimum absolute atomic E-state index is 0.381. The molecule has 0 bridgehead atoms. The molecule has 0 radical (unpaired) electrons. The third kappa shape index (κ3) is 2.21. The maximum Gasteiger partial charge on any atom is 0.0787 e. The largest absolute Gasteiger partial charge is 0.388 e. The summed E-state index contributed by atoms with van der Waals surface area (Å²) in [7, 11) is 0. The van der Waals surface area contributed by atoms with Crippen LogP contribution in [0.3, 0.4) is 0 Å². The zero-order chi connectivity index (χ0) is 8.27. The summed E-state index contributed by atoms with van der Waals surface area (Å²) in [5.41, 5.74) is 0.889. The summed E-state index contributed by atoms with van der Waals surface area (Å²) in [6, 6.07) is 7.31. The zero-order valence-electron chi connectivity index (χ0n) is 6.42. The molecule has 0 amide bonds. The monoisotopic (exact) mass is 170 g/mol. The minimum Gasteiger partial charge on any atom is -0.388 e. The van der Waals surface area contributed by atoms with Crippen LogP contribution in [0, 0.1) is 0 Å². The van der Waals surface area contributed by atoms with Crippen LogP contribution >= 0.6 is 11.6 Å². The average Bonchev–Trinajstić information content (AvgIpc) is 2.03. The molecule has 0 saturated carbocycles. The van der Waals surface area contributed by atoms with E-state index in [4.69, 9.17) is 11.6 Å². The van der Waals surface area contributed by atoms with Gasteiger partial charge in [0.25, 0.3) is 0 Å². The number of aliphatic hydroxyl groups excluding tert-OH is 1. The van der Waals surface area contributed by atoms with E-state index in [0.717, 1.165) is 12.0 Å². The van der Waals surface area contributed by atoms with E-state index >= 15 is 0 Å². The van der Waals surface area contributed by atoms with E-state index in [1.807, 2.05) is 19.1 Å². The van der Waals surface area contributed by atoms with Gasteiger partial charge in [0.1, 0.15) is 0 Å². The molecule has 0 aliphatic rings. The predicted octanol–water partition coefficient (Wildman–Crippen LogP) is 2.78. The van der Waals surface area contributed by atoms with Crippen LogP contribution in [0.4, 0.5) is 0 Å². The number of halogens is 1. The Labute approximate surface area is 71.6 Å². The van der Waals surface area contributed by atoms with E-state index in [1.165, 1.54) is 0 Å². The lowest BCUT2D eigenvalue weighted by molar-refractivity contribution is 0.173. The number of hydrogen-bond donors (Lipinski definition) is 1. The fourth-order valence-corrected chi connectivity index (χ4v) is 1.15. The molecular formula is C9H11ClO. The maximum absolute atomic E-state index is 9.40. The van der Waals surface area contributed by atoms with E-state index in [2.05, 4.69) is 0 Å². The Morgan fingerprint density at radius 2 is 2.27 bits per heavy atom. The summed E-state index contributed by atoms with van der Waals surface area (Å²) in [5, 5.41) is 10.1. The normalized spacial score (nSPS) is 13.0. The van der Waals surface area contributed by atoms with Crippen molar-refractivity contribution in [1.82, 2.24) is 0 Å². The van der Waals surface area contributed by atoms with Gasteiger partial charge in [-0.25, -0.2) is 0 Å². The molecule has 1 aromatic rings. The topological polar surface area (TPSA) is 20.2 Å². The molecule has 1 nitrogen and oxygen atoms in total. The molecule has 11 heavy (non-hydrogen) atoms. The SMILES string of the molecule is CC[C@H](O)c1cccc(Cl)c1. The number of rotatable bonds is 2. The minimum atomic E-state index is -0.381. The number of hydrogen-bond acceptors (Lipinski definition) is 1. The van der Waals surface area contributed by atoms with Crippen molar-refractivity contribution in [3.8, 4) is 0 Å². The smallest absolute Gasteiger partial charge is 0.0787 e. The molecule has 1 aromatic carbocycles. The number of benzene rings is 1. The highest BCUT2D eigenvalue weighted by atomic mass is 35.5. The summed E-state index contributed by atoms with van der Waals surface area (Å²) in [6.07, 6.45) is 0.342. The lowest BCUT2D eigenvalue weighted by atomic mass is 10.1. The van der Waals surface area contributed by atoms with Crippen LogP contribution in [0.2, 0.25) is 5.02 Å². The first-order chi connectivity index (χ1) is 5.24. The highest BCUT2D eigenvalue weighted by molar-refractivity contribution is 6.30. The molecule has 0 fully saturated rings. The predicted molar refractivity (Wildman–Crippen MR) is 46.7 cm³/mol. The van der Waals surface area contributed by atoms with Gasteiger partial charge in [-0.05, 0) is 24.1 Å². The van der Waals surface area contributed by atoms with Gasteiger partial charge in [-0.15, -0.1) is 0 Å². The van der Waals surface area contributed by atoms with Crippen LogP contribution in [0.25, 0.3) is 0 Å². The second-order valence-corrected chi connectivity index (χ2v) is 2.92. The van der Waals surface area contributed by atoms with Gasteiger partial charge in [0.05, 0.1) is 6.10 Å². The van der Waals surface area contributed by atoms with Crippen LogP contribution in [0.1, 0.15) is 25.0 Å². The fraction of sp³-hybridized carbons (Fsp3) is 0.333. The van der Waals surface area contributed by atoms with Gasteiger partial charge in [0.2, 0.25) is 0 Å². The first-order valence-electron chi connectivity index (χ1n) is 3.67. The van der Waals surface area contributed by atoms with Crippen molar-refractivity contribution in [3.05, 3.63) is 34.9 Å². The van der Waals surface area contributed by atoms with Gasteiger partial charge >= 0.3 is 0 Å². The summed E-state index contributed by atoms with van der Waals surface area (Å²) in [5.74, 6) is 0. The Kier molecular flexibility index (Phi) is 2.92. The second kappa shape index (κ2) is 3.74. The average molecular weight is 171 g/mol. The van der Waals surface area contributed by atoms with Gasteiger partial charge in [-0.2, -0.15) is 0 Å². The van der Waals surface area contributed by atoms with Crippen molar-refractivity contribution in [2.75, 3.05) is 0 Å². The molecule has 0 unspecified atom stereocenters. The molecule has 1 atom stereocenters. The van der Waals surface area contributed by atoms with Crippen LogP contribution < -0.4 is 0 Å². The standard InChI is InChI=1S/C9H11ClO/c1-2-9(11)7-4-3-5-8(10)6-7/h3-6,9,11H,2H2,1H3/t9-/m0/s1. The lowest BCUT2D eigenvalue weighted by Gasteiger charge is -2.06. The Balaban J connectivity index is 2.86. The van der Waals surface area contributed by atoms with E-state index in [9.17, 15) is 5.11 Å². The highest BCUT2D eigenvalue weighted by Gasteiger charge is 2.03. The van der Waals surface area contributed by atoms with Crippen LogP contribution in [0.5, 0.6) is 0 Å². The summed E-state index contributed by atoms with van der Waals surface area (Å²) >= 11 is 5.73. The Hall–Kier alpha value is -0.530. The molecule has 0 heterocycles. The molecule has 1 N–H and O–H groups in total. The van der Waals surface area contributed by atoms with Gasteiger partial charge in [-0.3, -0.25) is 0 Å². The molecule has 1 rings (SSSR count). The van der Waals surface area contributed by atoms with Crippen molar-refractivity contribution in [1.29, 1.82) is 0 Å². The molecule has 0 aromatic heterocycles. The van der Waals surface area contributed by atoms with Gasteiger partial charge in [0.15, 0.2) is 0 Å². The quantitative estimate of drug-likeness (QED) is 0.724. The van der Waals surface area contributed by atoms with E-state index in [-0.39, 0.29) is 6.10 Å². The van der Waals surface area contributed by atoms with Crippen LogP contribution in [-0.4, -0.2) is 5.11 Å². The third-order valence-electron chi connectivity index (χ3n) is 1.62. The first-order valence-corrected chi connectivity index (χ1v) is 4.05. The molecule has 2 heteroatoms. The highest BCUT2D eigenvalue weighted by Crippen LogP contribution is 2.19. The van der Waals surface area contributed by atoms with E-state index in [1.54, 1.807) is 12.1 Å². The van der Waals surface area contributed by atoms with Crippen LogP contribution in [0.15, 0.2) is 24.3 Å². The lowest BCUT2D eigenvalue weighted by Crippen LogP contribution is -1.93. The van der Waals surface area contributed by atoms with Crippen LogP contribution in [-0.2, 0) is 0 Å². The molecule has 60 valence electrons. The fourth-order valence-electron chi connectivity index (χ4n) is 0.950. The van der Waals surface area contributed by atoms with E-state index in [0.29, 0.717) is 5.02 Å². The number of aliphatic hydroxyl groups is 1. The maximum atomic E-state index is 9.40. The van der Waals surface area contributed by atoms with Crippen molar-refractivity contribution < 1.29 is 5.11 Å².